The van der Waals surface area contributed by atoms with E-state index in [0.29, 0.717) is 11.5 Å². The molecule has 0 amide bonds. The molecule has 3 N–H and O–H groups in total. The monoisotopic (exact) mass is 283 g/mol. The zero-order valence-corrected chi connectivity index (χ0v) is 12.2. The number of hydrogen-bond acceptors (Lipinski definition) is 4. The summed E-state index contributed by atoms with van der Waals surface area (Å²) in [6.07, 6.45) is 0. The number of aromatic nitrogens is 2. The Morgan fingerprint density at radius 3 is 2.43 bits per heavy atom. The van der Waals surface area contributed by atoms with Gasteiger partial charge in [0.2, 0.25) is 0 Å². The molecule has 0 saturated heterocycles. The van der Waals surface area contributed by atoms with Gasteiger partial charge >= 0.3 is 0 Å². The number of ether oxygens (including phenoxy) is 2. The van der Waals surface area contributed by atoms with Crippen molar-refractivity contribution in [1.29, 1.82) is 0 Å². The van der Waals surface area contributed by atoms with Crippen molar-refractivity contribution >= 4 is 16.7 Å². The van der Waals surface area contributed by atoms with Gasteiger partial charge in [0.05, 0.1) is 25.3 Å². The first-order valence-corrected chi connectivity index (χ1v) is 6.60. The van der Waals surface area contributed by atoms with Crippen LogP contribution in [-0.2, 0) is 0 Å². The molecule has 3 aromatic rings. The fraction of sp³-hybridized carbons (Fsp3) is 0.188. The molecule has 1 heterocycles. The van der Waals surface area contributed by atoms with Crippen molar-refractivity contribution < 1.29 is 9.47 Å². The molecule has 0 radical (unpaired) electrons. The Bertz CT molecular complexity index is 768. The number of hydrogen-bond donors (Lipinski definition) is 2. The van der Waals surface area contributed by atoms with Gasteiger partial charge in [-0.1, -0.05) is 0 Å². The maximum absolute atomic E-state index is 5.79. The van der Waals surface area contributed by atoms with Gasteiger partial charge in [-0.3, -0.25) is 0 Å². The summed E-state index contributed by atoms with van der Waals surface area (Å²) in [5, 5.41) is 0. The predicted octanol–water partition coefficient (Wildman–Crippen LogP) is 3.14. The first kappa shape index (κ1) is 13.3. The number of nitrogens with one attached hydrogen (secondary N) is 1. The minimum absolute atomic E-state index is 0.664. The molecule has 0 aliphatic rings. The smallest absolute Gasteiger partial charge is 0.163 e. The summed E-state index contributed by atoms with van der Waals surface area (Å²) in [7, 11) is 3.23. The lowest BCUT2D eigenvalue weighted by Crippen LogP contribution is -1.89. The molecule has 5 heteroatoms. The fourth-order valence-electron chi connectivity index (χ4n) is 2.42. The van der Waals surface area contributed by atoms with E-state index in [0.717, 1.165) is 33.7 Å². The highest BCUT2D eigenvalue weighted by Crippen LogP contribution is 2.33. The number of aryl methyl sites for hydroxylation is 1. The number of nitrogens with zero attached hydrogens (tertiary/aromatic N) is 1. The predicted molar refractivity (Wildman–Crippen MR) is 83.8 cm³/mol. The summed E-state index contributed by atoms with van der Waals surface area (Å²) >= 11 is 0. The van der Waals surface area contributed by atoms with Gasteiger partial charge in [-0.2, -0.15) is 0 Å². The summed E-state index contributed by atoms with van der Waals surface area (Å²) in [4.78, 5) is 7.94. The molecule has 2 aromatic carbocycles. The van der Waals surface area contributed by atoms with Gasteiger partial charge in [0.1, 0.15) is 5.82 Å². The van der Waals surface area contributed by atoms with E-state index < -0.39 is 0 Å². The quantitative estimate of drug-likeness (QED) is 0.724. The van der Waals surface area contributed by atoms with Crippen LogP contribution in [0.2, 0.25) is 0 Å². The fourth-order valence-corrected chi connectivity index (χ4v) is 2.42. The van der Waals surface area contributed by atoms with Crippen LogP contribution in [0.15, 0.2) is 30.3 Å². The number of benzene rings is 2. The Balaban J connectivity index is 2.16. The van der Waals surface area contributed by atoms with E-state index in [-0.39, 0.29) is 0 Å². The summed E-state index contributed by atoms with van der Waals surface area (Å²) < 4.78 is 10.6. The zero-order valence-electron chi connectivity index (χ0n) is 12.2. The minimum atomic E-state index is 0.664. The maximum atomic E-state index is 5.79. The molecule has 5 nitrogen and oxygen atoms in total. The normalized spacial score (nSPS) is 10.8. The van der Waals surface area contributed by atoms with Crippen LogP contribution in [0.4, 0.5) is 5.69 Å². The van der Waals surface area contributed by atoms with Crippen LogP contribution in [-0.4, -0.2) is 24.2 Å². The second kappa shape index (κ2) is 5.01. The van der Waals surface area contributed by atoms with E-state index in [1.165, 1.54) is 0 Å². The number of fused-ring (bicyclic) bond motifs is 1. The molecule has 0 aliphatic carbocycles. The third-order valence-corrected chi connectivity index (χ3v) is 3.49. The Morgan fingerprint density at radius 2 is 1.76 bits per heavy atom. The third kappa shape index (κ3) is 2.27. The van der Waals surface area contributed by atoms with Gasteiger partial charge in [-0.25, -0.2) is 4.98 Å². The van der Waals surface area contributed by atoms with Gasteiger partial charge in [0, 0.05) is 23.4 Å². The van der Waals surface area contributed by atoms with Crippen LogP contribution in [0.25, 0.3) is 22.4 Å². The number of aromatic amines is 1. The van der Waals surface area contributed by atoms with Crippen LogP contribution < -0.4 is 15.2 Å². The second-order valence-corrected chi connectivity index (χ2v) is 4.88. The van der Waals surface area contributed by atoms with Crippen molar-refractivity contribution in [2.24, 2.45) is 0 Å². The Morgan fingerprint density at radius 1 is 1.05 bits per heavy atom. The van der Waals surface area contributed by atoms with Gasteiger partial charge in [0.25, 0.3) is 0 Å². The number of nitrogens with two attached hydrogens (primary N) is 1. The molecule has 0 spiro atoms. The van der Waals surface area contributed by atoms with Crippen molar-refractivity contribution in [3.63, 3.8) is 0 Å². The maximum Gasteiger partial charge on any atom is 0.163 e. The van der Waals surface area contributed by atoms with E-state index in [9.17, 15) is 0 Å². The molecule has 0 saturated carbocycles. The number of rotatable bonds is 3. The summed E-state index contributed by atoms with van der Waals surface area (Å²) in [6.45, 7) is 2.01. The second-order valence-electron chi connectivity index (χ2n) is 4.88. The van der Waals surface area contributed by atoms with Gasteiger partial charge < -0.3 is 20.2 Å². The van der Waals surface area contributed by atoms with Crippen LogP contribution in [0.5, 0.6) is 11.5 Å². The Hall–Kier alpha value is -2.69. The number of anilines is 1. The molecule has 21 heavy (non-hydrogen) atoms. The van der Waals surface area contributed by atoms with Crippen molar-refractivity contribution in [3.8, 4) is 22.9 Å². The molecule has 3 rings (SSSR count). The number of imidazole rings is 1. The third-order valence-electron chi connectivity index (χ3n) is 3.49. The summed E-state index contributed by atoms with van der Waals surface area (Å²) in [5.74, 6) is 2.14. The molecular formula is C16H17N3O2. The van der Waals surface area contributed by atoms with E-state index in [1.807, 2.05) is 37.3 Å². The van der Waals surface area contributed by atoms with Crippen LogP contribution in [0.3, 0.4) is 0 Å². The number of methoxy groups -OCH3 is 2. The average Bonchev–Trinajstić information content (AvgIpc) is 2.87. The Labute approximate surface area is 122 Å². The topological polar surface area (TPSA) is 73.2 Å². The van der Waals surface area contributed by atoms with E-state index in [4.69, 9.17) is 15.2 Å². The number of nitrogen functional groups attached to an aromatic ring is 1. The first-order chi connectivity index (χ1) is 10.1. The number of H-pyrrole nitrogens is 1. The molecule has 0 unspecified atom stereocenters. The van der Waals surface area contributed by atoms with Crippen LogP contribution in [0, 0.1) is 6.92 Å². The first-order valence-electron chi connectivity index (χ1n) is 6.60. The van der Waals surface area contributed by atoms with Crippen LogP contribution >= 0.6 is 0 Å². The Kier molecular flexibility index (Phi) is 3.17. The lowest BCUT2D eigenvalue weighted by Gasteiger charge is -2.06. The van der Waals surface area contributed by atoms with Gasteiger partial charge in [0.15, 0.2) is 11.5 Å². The molecular weight excluding hydrogens is 266 g/mol. The standard InChI is InChI=1S/C16H17N3O2/c1-9-6-10(17)4-5-11(9)16-18-12-7-14(20-2)15(21-3)8-13(12)19-16/h4-8H,17H2,1-3H3,(H,18,19). The largest absolute Gasteiger partial charge is 0.493 e. The molecule has 0 bridgehead atoms. The highest BCUT2D eigenvalue weighted by atomic mass is 16.5. The SMILES string of the molecule is COc1cc2nc(-c3ccc(N)cc3C)[nH]c2cc1OC. The summed E-state index contributed by atoms with van der Waals surface area (Å²) in [5.41, 5.74) is 10.4. The van der Waals surface area contributed by atoms with Crippen molar-refractivity contribution in [1.82, 2.24) is 9.97 Å². The minimum Gasteiger partial charge on any atom is -0.493 e. The van der Waals surface area contributed by atoms with E-state index in [2.05, 4.69) is 9.97 Å². The van der Waals surface area contributed by atoms with E-state index >= 15 is 0 Å². The van der Waals surface area contributed by atoms with Crippen LogP contribution in [0.1, 0.15) is 5.56 Å². The average molecular weight is 283 g/mol. The van der Waals surface area contributed by atoms with E-state index in [1.54, 1.807) is 14.2 Å². The molecule has 108 valence electrons. The van der Waals surface area contributed by atoms with Crippen molar-refractivity contribution in [2.75, 3.05) is 20.0 Å². The molecule has 1 aromatic heterocycles. The molecule has 0 fully saturated rings. The highest BCUT2D eigenvalue weighted by molar-refractivity contribution is 5.83. The zero-order chi connectivity index (χ0) is 15.0. The van der Waals surface area contributed by atoms with Gasteiger partial charge in [-0.05, 0) is 30.7 Å². The lowest BCUT2D eigenvalue weighted by molar-refractivity contribution is 0.356. The summed E-state index contributed by atoms with van der Waals surface area (Å²) in [6, 6.07) is 9.52. The van der Waals surface area contributed by atoms with Gasteiger partial charge in [-0.15, -0.1) is 0 Å². The highest BCUT2D eigenvalue weighted by Gasteiger charge is 2.12. The van der Waals surface area contributed by atoms with Crippen molar-refractivity contribution in [2.45, 2.75) is 6.92 Å². The molecule has 0 atom stereocenters. The lowest BCUT2D eigenvalue weighted by atomic mass is 10.1. The molecule has 0 aliphatic heterocycles. The van der Waals surface area contributed by atoms with Crippen molar-refractivity contribution in [3.05, 3.63) is 35.9 Å².